The van der Waals surface area contributed by atoms with Crippen LogP contribution in [-0.2, 0) is 9.47 Å². The average molecular weight is 497 g/mol. The number of amides is 1. The summed E-state index contributed by atoms with van der Waals surface area (Å²) in [5.74, 6) is -0.324. The Bertz CT molecular complexity index is 1520. The normalized spacial score (nSPS) is 11.6. The zero-order chi connectivity index (χ0) is 25.5. The molecule has 0 aliphatic rings. The molecule has 0 saturated heterocycles. The second-order valence-electron chi connectivity index (χ2n) is 8.91. The van der Waals surface area contributed by atoms with E-state index in [1.807, 2.05) is 12.1 Å². The second kappa shape index (κ2) is 9.07. The molecule has 0 aliphatic carbocycles. The van der Waals surface area contributed by atoms with Crippen LogP contribution in [0.2, 0.25) is 5.02 Å². The quantitative estimate of drug-likeness (QED) is 0.396. The fourth-order valence-corrected chi connectivity index (χ4v) is 3.96. The standard InChI is InChI=1S/C25H25ClN4O5/c1-6-34-23(32)21-20(26)22-16(14-7-10-17-15(13-14)8-11-18(31)27-17)9-12-19(30(22)28-21)29(5)24(33)35-25(2,3)4/h7-13H,6H2,1-5H3,(H,27,31). The molecule has 1 N–H and O–H groups in total. The van der Waals surface area contributed by atoms with Gasteiger partial charge in [-0.15, -0.1) is 0 Å². The van der Waals surface area contributed by atoms with Crippen LogP contribution >= 0.6 is 11.6 Å². The van der Waals surface area contributed by atoms with Crippen LogP contribution in [0.5, 0.6) is 0 Å². The number of H-pyrrole nitrogens is 1. The van der Waals surface area contributed by atoms with Crippen molar-refractivity contribution >= 4 is 45.9 Å². The summed E-state index contributed by atoms with van der Waals surface area (Å²) in [5, 5.41) is 5.32. The number of hydrogen-bond acceptors (Lipinski definition) is 6. The highest BCUT2D eigenvalue weighted by Crippen LogP contribution is 2.36. The number of pyridine rings is 2. The maximum absolute atomic E-state index is 12.8. The van der Waals surface area contributed by atoms with Crippen molar-refractivity contribution < 1.29 is 19.1 Å². The molecular weight excluding hydrogens is 472 g/mol. The van der Waals surface area contributed by atoms with Crippen LogP contribution in [-0.4, -0.2) is 45.9 Å². The first kappa shape index (κ1) is 24.3. The monoisotopic (exact) mass is 496 g/mol. The van der Waals surface area contributed by atoms with Gasteiger partial charge < -0.3 is 14.5 Å². The number of halogens is 1. The number of aromatic amines is 1. The molecule has 0 unspecified atom stereocenters. The summed E-state index contributed by atoms with van der Waals surface area (Å²) < 4.78 is 12.1. The number of fused-ring (bicyclic) bond motifs is 2. The fraction of sp³-hybridized carbons (Fsp3) is 0.280. The van der Waals surface area contributed by atoms with Crippen molar-refractivity contribution in [3.8, 4) is 11.1 Å². The Morgan fingerprint density at radius 2 is 1.89 bits per heavy atom. The average Bonchev–Trinajstić information content (AvgIpc) is 3.14. The topological polar surface area (TPSA) is 106 Å². The smallest absolute Gasteiger partial charge is 0.415 e. The number of esters is 1. The molecule has 0 saturated carbocycles. The molecule has 0 spiro atoms. The number of rotatable bonds is 4. The SMILES string of the molecule is CCOC(=O)c1nn2c(N(C)C(=O)OC(C)(C)C)ccc(-c3ccc4[nH]c(=O)ccc4c3)c2c1Cl. The Morgan fingerprint density at radius 1 is 1.14 bits per heavy atom. The van der Waals surface area contributed by atoms with E-state index in [0.29, 0.717) is 22.4 Å². The number of nitrogens with zero attached hydrogens (tertiary/aromatic N) is 3. The largest absolute Gasteiger partial charge is 0.461 e. The lowest BCUT2D eigenvalue weighted by atomic mass is 10.0. The first-order valence-electron chi connectivity index (χ1n) is 11.0. The van der Waals surface area contributed by atoms with Crippen LogP contribution in [0.1, 0.15) is 38.2 Å². The number of benzene rings is 1. The molecule has 3 aromatic heterocycles. The van der Waals surface area contributed by atoms with Gasteiger partial charge in [-0.05, 0) is 69.0 Å². The molecule has 35 heavy (non-hydrogen) atoms. The molecule has 182 valence electrons. The summed E-state index contributed by atoms with van der Waals surface area (Å²) >= 11 is 6.68. The molecule has 0 bridgehead atoms. The summed E-state index contributed by atoms with van der Waals surface area (Å²) in [7, 11) is 1.55. The number of carbonyl (C=O) groups is 2. The Labute approximate surface area is 206 Å². The highest BCUT2D eigenvalue weighted by molar-refractivity contribution is 6.37. The molecule has 0 aliphatic heterocycles. The summed E-state index contributed by atoms with van der Waals surface area (Å²) in [5.41, 5.74) is 1.60. The molecular formula is C25H25ClN4O5. The van der Waals surface area contributed by atoms with Crippen LogP contribution < -0.4 is 10.5 Å². The highest BCUT2D eigenvalue weighted by atomic mass is 35.5. The molecule has 10 heteroatoms. The lowest BCUT2D eigenvalue weighted by Gasteiger charge is -2.25. The van der Waals surface area contributed by atoms with Gasteiger partial charge in [-0.3, -0.25) is 9.69 Å². The number of ether oxygens (including phenoxy) is 2. The Hall–Kier alpha value is -3.85. The van der Waals surface area contributed by atoms with Crippen LogP contribution in [0, 0.1) is 0 Å². The minimum Gasteiger partial charge on any atom is -0.461 e. The number of nitrogens with one attached hydrogen (secondary N) is 1. The second-order valence-corrected chi connectivity index (χ2v) is 9.29. The third-order valence-corrected chi connectivity index (χ3v) is 5.57. The maximum atomic E-state index is 12.8. The van der Waals surface area contributed by atoms with E-state index in [-0.39, 0.29) is 22.9 Å². The van der Waals surface area contributed by atoms with E-state index in [2.05, 4.69) is 10.1 Å². The minimum absolute atomic E-state index is 0.0649. The molecule has 4 aromatic rings. The lowest BCUT2D eigenvalue weighted by Crippen LogP contribution is -2.35. The predicted molar refractivity (Wildman–Crippen MR) is 134 cm³/mol. The van der Waals surface area contributed by atoms with E-state index in [0.717, 1.165) is 10.9 Å². The van der Waals surface area contributed by atoms with Gasteiger partial charge in [-0.2, -0.15) is 5.10 Å². The zero-order valence-corrected chi connectivity index (χ0v) is 20.8. The fourth-order valence-electron chi connectivity index (χ4n) is 3.67. The van der Waals surface area contributed by atoms with Gasteiger partial charge in [0.2, 0.25) is 5.56 Å². The number of carbonyl (C=O) groups excluding carboxylic acids is 2. The Balaban J connectivity index is 1.93. The van der Waals surface area contributed by atoms with Crippen molar-refractivity contribution in [2.45, 2.75) is 33.3 Å². The predicted octanol–water partition coefficient (Wildman–Crippen LogP) is 5.04. The first-order valence-corrected chi connectivity index (χ1v) is 11.4. The van der Waals surface area contributed by atoms with Crippen LogP contribution in [0.15, 0.2) is 47.3 Å². The van der Waals surface area contributed by atoms with Gasteiger partial charge >= 0.3 is 12.1 Å². The molecule has 9 nitrogen and oxygen atoms in total. The summed E-state index contributed by atoms with van der Waals surface area (Å²) in [6.45, 7) is 7.16. The summed E-state index contributed by atoms with van der Waals surface area (Å²) in [4.78, 5) is 41.1. The molecule has 0 fully saturated rings. The van der Waals surface area contributed by atoms with Gasteiger partial charge in [0.15, 0.2) is 5.69 Å². The van der Waals surface area contributed by atoms with E-state index >= 15 is 0 Å². The van der Waals surface area contributed by atoms with Crippen molar-refractivity contribution in [1.82, 2.24) is 14.6 Å². The van der Waals surface area contributed by atoms with Crippen molar-refractivity contribution in [3.05, 3.63) is 63.5 Å². The molecule has 4 rings (SSSR count). The highest BCUT2D eigenvalue weighted by Gasteiger charge is 2.27. The third kappa shape index (κ3) is 4.72. The lowest BCUT2D eigenvalue weighted by molar-refractivity contribution is 0.0518. The van der Waals surface area contributed by atoms with E-state index in [4.69, 9.17) is 21.1 Å². The molecule has 0 atom stereocenters. The van der Waals surface area contributed by atoms with Crippen molar-refractivity contribution in [3.63, 3.8) is 0 Å². The van der Waals surface area contributed by atoms with Gasteiger partial charge in [-0.25, -0.2) is 14.1 Å². The molecule has 0 radical (unpaired) electrons. The molecule has 1 amide bonds. The van der Waals surface area contributed by atoms with E-state index in [1.165, 1.54) is 15.5 Å². The molecule has 3 heterocycles. The summed E-state index contributed by atoms with van der Waals surface area (Å²) in [6, 6.07) is 12.2. The van der Waals surface area contributed by atoms with Gasteiger partial charge in [0, 0.05) is 24.2 Å². The zero-order valence-electron chi connectivity index (χ0n) is 20.0. The third-order valence-electron chi connectivity index (χ3n) is 5.21. The van der Waals surface area contributed by atoms with Gasteiger partial charge in [0.05, 0.1) is 12.1 Å². The van der Waals surface area contributed by atoms with Crippen molar-refractivity contribution in [2.75, 3.05) is 18.6 Å². The minimum atomic E-state index is -0.700. The first-order chi connectivity index (χ1) is 16.5. The number of hydrogen-bond donors (Lipinski definition) is 1. The van der Waals surface area contributed by atoms with Gasteiger partial charge in [0.1, 0.15) is 16.4 Å². The van der Waals surface area contributed by atoms with E-state index < -0.39 is 17.7 Å². The van der Waals surface area contributed by atoms with Crippen molar-refractivity contribution in [2.24, 2.45) is 0 Å². The van der Waals surface area contributed by atoms with Crippen molar-refractivity contribution in [1.29, 1.82) is 0 Å². The van der Waals surface area contributed by atoms with Gasteiger partial charge in [-0.1, -0.05) is 17.7 Å². The van der Waals surface area contributed by atoms with E-state index in [9.17, 15) is 14.4 Å². The number of aromatic nitrogens is 3. The molecule has 1 aromatic carbocycles. The van der Waals surface area contributed by atoms with Gasteiger partial charge in [0.25, 0.3) is 0 Å². The maximum Gasteiger partial charge on any atom is 0.415 e. The van der Waals surface area contributed by atoms with E-state index in [1.54, 1.807) is 59.0 Å². The Kier molecular flexibility index (Phi) is 6.29. The van der Waals surface area contributed by atoms with Crippen LogP contribution in [0.25, 0.3) is 27.5 Å². The number of anilines is 1. The summed E-state index contributed by atoms with van der Waals surface area (Å²) in [6.07, 6.45) is -0.592. The van der Waals surface area contributed by atoms with Crippen LogP contribution in [0.3, 0.4) is 0 Å². The van der Waals surface area contributed by atoms with Crippen LogP contribution in [0.4, 0.5) is 10.6 Å². The Morgan fingerprint density at radius 3 is 2.57 bits per heavy atom.